The molecule has 21 heavy (non-hydrogen) atoms. The van der Waals surface area contributed by atoms with Crippen LogP contribution in [0.4, 0.5) is 15.8 Å². The molecule has 0 saturated carbocycles. The second-order valence-corrected chi connectivity index (χ2v) is 4.53. The lowest BCUT2D eigenvalue weighted by molar-refractivity contribution is -0.385. The van der Waals surface area contributed by atoms with Gasteiger partial charge >= 0.3 is 0 Å². The molecule has 0 bridgehead atoms. The van der Waals surface area contributed by atoms with Crippen LogP contribution < -0.4 is 10.6 Å². The van der Waals surface area contributed by atoms with Gasteiger partial charge in [0.05, 0.1) is 29.4 Å². The number of anilines is 1. The van der Waals surface area contributed by atoms with E-state index in [1.807, 2.05) is 13.8 Å². The second kappa shape index (κ2) is 7.53. The summed E-state index contributed by atoms with van der Waals surface area (Å²) < 4.78 is 18.8. The lowest BCUT2D eigenvalue weighted by Gasteiger charge is -2.10. The summed E-state index contributed by atoms with van der Waals surface area (Å²) in [7, 11) is 1.46. The Hall–Kier alpha value is -2.22. The number of carbonyl (C=O) groups excluding carboxylic acids is 1. The minimum atomic E-state index is -0.790. The van der Waals surface area contributed by atoms with Crippen molar-refractivity contribution >= 4 is 17.3 Å². The Morgan fingerprint density at radius 3 is 2.67 bits per heavy atom. The Bertz CT molecular complexity index is 534. The molecule has 0 aliphatic heterocycles. The third-order valence-electron chi connectivity index (χ3n) is 2.63. The molecule has 0 heterocycles. The fraction of sp³-hybridized carbons (Fsp3) is 0.462. The molecule has 116 valence electrons. The number of hydrogen-bond donors (Lipinski definition) is 2. The Labute approximate surface area is 121 Å². The molecule has 8 heteroatoms. The van der Waals surface area contributed by atoms with E-state index >= 15 is 0 Å². The fourth-order valence-electron chi connectivity index (χ4n) is 1.64. The monoisotopic (exact) mass is 299 g/mol. The van der Waals surface area contributed by atoms with Gasteiger partial charge in [-0.3, -0.25) is 14.9 Å². The quantitative estimate of drug-likeness (QED) is 0.456. The normalized spacial score (nSPS) is 10.5. The highest BCUT2D eigenvalue weighted by Gasteiger charge is 2.23. The van der Waals surface area contributed by atoms with E-state index in [4.69, 9.17) is 4.74 Å². The standard InChI is InChI=1S/C13H18FN3O4/c1-8(2)21-5-4-16-13(18)9-6-11(15-3)10(14)7-12(9)17(19)20/h6-8,15H,4-5H2,1-3H3,(H,16,18). The van der Waals surface area contributed by atoms with Gasteiger partial charge in [0.25, 0.3) is 11.6 Å². The lowest BCUT2D eigenvalue weighted by atomic mass is 10.1. The van der Waals surface area contributed by atoms with Crippen LogP contribution >= 0.6 is 0 Å². The maximum absolute atomic E-state index is 13.5. The van der Waals surface area contributed by atoms with E-state index in [-0.39, 0.29) is 30.5 Å². The molecule has 0 saturated heterocycles. The molecule has 1 rings (SSSR count). The molecule has 1 amide bonds. The molecule has 0 fully saturated rings. The molecule has 0 aromatic heterocycles. The molecule has 0 radical (unpaired) electrons. The molecular weight excluding hydrogens is 281 g/mol. The molecule has 7 nitrogen and oxygen atoms in total. The van der Waals surface area contributed by atoms with Crippen LogP contribution in [0.15, 0.2) is 12.1 Å². The van der Waals surface area contributed by atoms with Crippen molar-refractivity contribution in [2.24, 2.45) is 0 Å². The molecule has 1 aromatic rings. The maximum Gasteiger partial charge on any atom is 0.285 e. The van der Waals surface area contributed by atoms with Crippen LogP contribution in [0.5, 0.6) is 0 Å². The molecule has 1 aromatic carbocycles. The van der Waals surface area contributed by atoms with Crippen molar-refractivity contribution in [3.8, 4) is 0 Å². The lowest BCUT2D eigenvalue weighted by Crippen LogP contribution is -2.28. The highest BCUT2D eigenvalue weighted by atomic mass is 19.1. The molecule has 0 aliphatic carbocycles. The highest BCUT2D eigenvalue weighted by molar-refractivity contribution is 5.99. The van der Waals surface area contributed by atoms with E-state index < -0.39 is 22.3 Å². The van der Waals surface area contributed by atoms with Crippen LogP contribution in [0, 0.1) is 15.9 Å². The Kier molecular flexibility index (Phi) is 6.04. The second-order valence-electron chi connectivity index (χ2n) is 4.53. The summed E-state index contributed by atoms with van der Waals surface area (Å²) in [6.07, 6.45) is 0.0259. The molecular formula is C13H18FN3O4. The molecule has 0 unspecified atom stereocenters. The first-order valence-corrected chi connectivity index (χ1v) is 6.42. The zero-order chi connectivity index (χ0) is 16.0. The van der Waals surface area contributed by atoms with Crippen molar-refractivity contribution in [1.82, 2.24) is 5.32 Å². The number of amides is 1. The van der Waals surface area contributed by atoms with E-state index in [2.05, 4.69) is 10.6 Å². The van der Waals surface area contributed by atoms with Crippen LogP contribution in [-0.4, -0.2) is 37.1 Å². The zero-order valence-corrected chi connectivity index (χ0v) is 12.1. The van der Waals surface area contributed by atoms with Gasteiger partial charge in [0.15, 0.2) is 5.82 Å². The fourth-order valence-corrected chi connectivity index (χ4v) is 1.64. The smallest absolute Gasteiger partial charge is 0.285 e. The first-order valence-electron chi connectivity index (χ1n) is 6.42. The third kappa shape index (κ3) is 4.67. The summed E-state index contributed by atoms with van der Waals surface area (Å²) in [6.45, 7) is 4.20. The van der Waals surface area contributed by atoms with Gasteiger partial charge in [0.2, 0.25) is 0 Å². The van der Waals surface area contributed by atoms with Gasteiger partial charge in [-0.25, -0.2) is 4.39 Å². The van der Waals surface area contributed by atoms with Crippen molar-refractivity contribution in [2.45, 2.75) is 20.0 Å². The number of ether oxygens (including phenoxy) is 1. The van der Waals surface area contributed by atoms with Crippen molar-refractivity contribution in [3.05, 3.63) is 33.6 Å². The van der Waals surface area contributed by atoms with E-state index in [1.165, 1.54) is 7.05 Å². The van der Waals surface area contributed by atoms with Crippen molar-refractivity contribution < 1.29 is 18.8 Å². The van der Waals surface area contributed by atoms with Crippen molar-refractivity contribution in [1.29, 1.82) is 0 Å². The molecule has 0 atom stereocenters. The van der Waals surface area contributed by atoms with Crippen molar-refractivity contribution in [3.63, 3.8) is 0 Å². The van der Waals surface area contributed by atoms with Gasteiger partial charge in [0, 0.05) is 13.6 Å². The summed E-state index contributed by atoms with van der Waals surface area (Å²) >= 11 is 0. The van der Waals surface area contributed by atoms with Crippen LogP contribution in [0.1, 0.15) is 24.2 Å². The third-order valence-corrected chi connectivity index (χ3v) is 2.63. The number of hydrogen-bond acceptors (Lipinski definition) is 5. The predicted molar refractivity (Wildman–Crippen MR) is 76.0 cm³/mol. The van der Waals surface area contributed by atoms with E-state index in [9.17, 15) is 19.3 Å². The van der Waals surface area contributed by atoms with E-state index in [0.717, 1.165) is 12.1 Å². The summed E-state index contributed by atoms with van der Waals surface area (Å²) in [6, 6.07) is 1.84. The summed E-state index contributed by atoms with van der Waals surface area (Å²) in [5.41, 5.74) is -0.756. The predicted octanol–water partition coefficient (Wildman–Crippen LogP) is 1.93. The molecule has 0 spiro atoms. The van der Waals surface area contributed by atoms with Crippen molar-refractivity contribution in [2.75, 3.05) is 25.5 Å². The molecule has 2 N–H and O–H groups in total. The number of rotatable bonds is 7. The summed E-state index contributed by atoms with van der Waals surface area (Å²) in [5.74, 6) is -1.44. The zero-order valence-electron chi connectivity index (χ0n) is 12.1. The largest absolute Gasteiger partial charge is 0.386 e. The number of carbonyl (C=O) groups is 1. The van der Waals surface area contributed by atoms with Crippen LogP contribution in [-0.2, 0) is 4.74 Å². The number of nitro benzene ring substituents is 1. The average molecular weight is 299 g/mol. The minimum Gasteiger partial charge on any atom is -0.386 e. The van der Waals surface area contributed by atoms with Crippen LogP contribution in [0.25, 0.3) is 0 Å². The van der Waals surface area contributed by atoms with E-state index in [0.29, 0.717) is 0 Å². The minimum absolute atomic E-state index is 0.0178. The van der Waals surface area contributed by atoms with Gasteiger partial charge in [-0.1, -0.05) is 0 Å². The number of halogens is 1. The van der Waals surface area contributed by atoms with Gasteiger partial charge in [0.1, 0.15) is 5.56 Å². The van der Waals surface area contributed by atoms with Gasteiger partial charge < -0.3 is 15.4 Å². The van der Waals surface area contributed by atoms with E-state index in [1.54, 1.807) is 0 Å². The topological polar surface area (TPSA) is 93.5 Å². The average Bonchev–Trinajstić information content (AvgIpc) is 2.42. The number of nitro groups is 1. The van der Waals surface area contributed by atoms with Gasteiger partial charge in [-0.2, -0.15) is 0 Å². The molecule has 0 aliphatic rings. The number of nitrogens with zero attached hydrogens (tertiary/aromatic N) is 1. The van der Waals surface area contributed by atoms with Crippen LogP contribution in [0.3, 0.4) is 0 Å². The number of benzene rings is 1. The SMILES string of the molecule is CNc1cc(C(=O)NCCOC(C)C)c([N+](=O)[O-])cc1F. The Balaban J connectivity index is 2.89. The summed E-state index contributed by atoms with van der Waals surface area (Å²) in [4.78, 5) is 22.1. The van der Waals surface area contributed by atoms with Crippen LogP contribution in [0.2, 0.25) is 0 Å². The maximum atomic E-state index is 13.5. The van der Waals surface area contributed by atoms with Gasteiger partial charge in [-0.15, -0.1) is 0 Å². The Morgan fingerprint density at radius 1 is 1.48 bits per heavy atom. The number of nitrogens with one attached hydrogen (secondary N) is 2. The first-order chi connectivity index (χ1) is 9.86. The highest BCUT2D eigenvalue weighted by Crippen LogP contribution is 2.25. The first kappa shape index (κ1) is 16.8. The van der Waals surface area contributed by atoms with Gasteiger partial charge in [-0.05, 0) is 19.9 Å². The Morgan fingerprint density at radius 2 is 2.14 bits per heavy atom. The summed E-state index contributed by atoms with van der Waals surface area (Å²) in [5, 5.41) is 15.9.